The summed E-state index contributed by atoms with van der Waals surface area (Å²) in [6.45, 7) is 9.12. The molecule has 2 heterocycles. The van der Waals surface area contributed by atoms with Crippen LogP contribution in [0.25, 0.3) is 22.6 Å². The van der Waals surface area contributed by atoms with Crippen LogP contribution in [-0.4, -0.2) is 19.3 Å². The van der Waals surface area contributed by atoms with Gasteiger partial charge in [0, 0.05) is 6.54 Å². The molecular formula is C17H21N2O4P. The fraction of sp³-hybridized carbons (Fsp3) is 0.353. The van der Waals surface area contributed by atoms with Crippen molar-refractivity contribution in [2.75, 3.05) is 0 Å². The molecule has 0 aliphatic heterocycles. The van der Waals surface area contributed by atoms with Crippen LogP contribution in [0.3, 0.4) is 0 Å². The topological polar surface area (TPSA) is 88.5 Å². The van der Waals surface area contributed by atoms with Gasteiger partial charge < -0.3 is 18.8 Å². The highest BCUT2D eigenvalue weighted by Gasteiger charge is 2.25. The Morgan fingerprint density at radius 3 is 2.50 bits per heavy atom. The quantitative estimate of drug-likeness (QED) is 0.708. The number of furan rings is 1. The summed E-state index contributed by atoms with van der Waals surface area (Å²) >= 11 is 0. The van der Waals surface area contributed by atoms with Crippen molar-refractivity contribution in [2.45, 2.75) is 34.2 Å². The normalized spacial score (nSPS) is 12.9. The van der Waals surface area contributed by atoms with E-state index in [0.717, 1.165) is 16.6 Å². The van der Waals surface area contributed by atoms with Gasteiger partial charge in [-0.15, -0.1) is 0 Å². The first kappa shape index (κ1) is 17.0. The number of aryl methyl sites for hydroxylation is 1. The molecule has 0 bridgehead atoms. The summed E-state index contributed by atoms with van der Waals surface area (Å²) in [4.78, 5) is 23.2. The maximum Gasteiger partial charge on any atom is 0.391 e. The molecule has 1 aromatic carbocycles. The van der Waals surface area contributed by atoms with Gasteiger partial charge >= 0.3 is 7.60 Å². The molecule has 0 saturated carbocycles. The highest BCUT2D eigenvalue weighted by molar-refractivity contribution is 7.59. The molecule has 0 unspecified atom stereocenters. The maximum absolute atomic E-state index is 11.4. The van der Waals surface area contributed by atoms with Crippen LogP contribution >= 0.6 is 7.60 Å². The van der Waals surface area contributed by atoms with Gasteiger partial charge in [0.05, 0.1) is 11.0 Å². The van der Waals surface area contributed by atoms with E-state index < -0.39 is 7.60 Å². The highest BCUT2D eigenvalue weighted by atomic mass is 31.2. The molecule has 0 amide bonds. The van der Waals surface area contributed by atoms with E-state index in [2.05, 4.69) is 30.3 Å². The second-order valence-electron chi connectivity index (χ2n) is 7.21. The summed E-state index contributed by atoms with van der Waals surface area (Å²) in [5.41, 5.74) is 2.60. The van der Waals surface area contributed by atoms with Crippen molar-refractivity contribution >= 4 is 24.1 Å². The Morgan fingerprint density at radius 1 is 1.21 bits per heavy atom. The molecule has 0 fully saturated rings. The minimum absolute atomic E-state index is 0.00331. The number of fused-ring (bicyclic) bond motifs is 1. The van der Waals surface area contributed by atoms with Gasteiger partial charge in [-0.05, 0) is 36.1 Å². The molecule has 0 atom stereocenters. The van der Waals surface area contributed by atoms with Crippen LogP contribution in [0.5, 0.6) is 0 Å². The lowest BCUT2D eigenvalue weighted by Crippen LogP contribution is -2.16. The summed E-state index contributed by atoms with van der Waals surface area (Å²) in [7, 11) is -4.42. The number of imidazole rings is 1. The van der Waals surface area contributed by atoms with Crippen LogP contribution in [0.1, 0.15) is 26.3 Å². The Bertz CT molecular complexity index is 943. The second kappa shape index (κ2) is 5.59. The second-order valence-corrected chi connectivity index (χ2v) is 8.74. The number of benzene rings is 1. The molecule has 24 heavy (non-hydrogen) atoms. The van der Waals surface area contributed by atoms with Gasteiger partial charge in [-0.1, -0.05) is 32.9 Å². The Morgan fingerprint density at radius 2 is 1.92 bits per heavy atom. The fourth-order valence-electron chi connectivity index (χ4n) is 2.79. The van der Waals surface area contributed by atoms with Gasteiger partial charge in [-0.2, -0.15) is 0 Å². The van der Waals surface area contributed by atoms with Crippen molar-refractivity contribution in [3.63, 3.8) is 0 Å². The summed E-state index contributed by atoms with van der Waals surface area (Å²) in [5.74, 6) is 0.933. The van der Waals surface area contributed by atoms with Crippen LogP contribution in [0.15, 0.2) is 34.7 Å². The molecule has 0 aliphatic carbocycles. The number of aromatic nitrogens is 2. The molecule has 0 aliphatic rings. The van der Waals surface area contributed by atoms with E-state index in [-0.39, 0.29) is 10.9 Å². The van der Waals surface area contributed by atoms with Crippen LogP contribution in [0.4, 0.5) is 0 Å². The van der Waals surface area contributed by atoms with Crippen molar-refractivity contribution < 1.29 is 18.8 Å². The third-order valence-electron chi connectivity index (χ3n) is 3.70. The van der Waals surface area contributed by atoms with E-state index in [1.807, 2.05) is 25.1 Å². The highest BCUT2D eigenvalue weighted by Crippen LogP contribution is 2.36. The smallest absolute Gasteiger partial charge is 0.391 e. The number of nitrogens with zero attached hydrogens (tertiary/aromatic N) is 2. The third kappa shape index (κ3) is 3.18. The minimum atomic E-state index is -4.42. The predicted molar refractivity (Wildman–Crippen MR) is 93.3 cm³/mol. The number of para-hydroxylation sites is 1. The first-order valence-electron chi connectivity index (χ1n) is 7.68. The Kier molecular flexibility index (Phi) is 3.95. The van der Waals surface area contributed by atoms with Crippen molar-refractivity contribution in [3.8, 4) is 11.6 Å². The summed E-state index contributed by atoms with van der Waals surface area (Å²) < 4.78 is 18.9. The molecule has 0 spiro atoms. The van der Waals surface area contributed by atoms with Crippen molar-refractivity contribution in [1.29, 1.82) is 0 Å². The largest absolute Gasteiger partial charge is 0.445 e. The summed E-state index contributed by atoms with van der Waals surface area (Å²) in [5, 5.41) is 0. The van der Waals surface area contributed by atoms with Gasteiger partial charge in [0.2, 0.25) is 5.50 Å². The van der Waals surface area contributed by atoms with E-state index in [9.17, 15) is 14.4 Å². The first-order valence-corrected chi connectivity index (χ1v) is 9.30. The van der Waals surface area contributed by atoms with Crippen molar-refractivity contribution in [1.82, 2.24) is 9.55 Å². The molecule has 3 aromatic rings. The van der Waals surface area contributed by atoms with Crippen molar-refractivity contribution in [2.24, 2.45) is 5.41 Å². The monoisotopic (exact) mass is 348 g/mol. The van der Waals surface area contributed by atoms with E-state index in [1.54, 1.807) is 6.07 Å². The molecular weight excluding hydrogens is 327 g/mol. The first-order chi connectivity index (χ1) is 11.1. The SMILES string of the molecule is Cc1cccc2nc(-c3ccc(P(=O)(O)O)o3)n(CC(C)(C)C)c12. The Labute approximate surface area is 140 Å². The molecule has 2 N–H and O–H groups in total. The van der Waals surface area contributed by atoms with Gasteiger partial charge in [0.25, 0.3) is 0 Å². The van der Waals surface area contributed by atoms with E-state index in [4.69, 9.17) is 4.42 Å². The number of hydrogen-bond donors (Lipinski definition) is 2. The van der Waals surface area contributed by atoms with E-state index in [0.29, 0.717) is 18.1 Å². The predicted octanol–water partition coefficient (Wildman–Crippen LogP) is 3.45. The van der Waals surface area contributed by atoms with Gasteiger partial charge in [-0.3, -0.25) is 4.57 Å². The molecule has 0 radical (unpaired) electrons. The summed E-state index contributed by atoms with van der Waals surface area (Å²) in [6.07, 6.45) is 0. The Hall–Kier alpha value is -1.88. The fourth-order valence-corrected chi connectivity index (χ4v) is 3.27. The lowest BCUT2D eigenvalue weighted by Gasteiger charge is -2.21. The average Bonchev–Trinajstić information content (AvgIpc) is 3.02. The Balaban J connectivity index is 2.24. The molecule has 7 heteroatoms. The van der Waals surface area contributed by atoms with Crippen LogP contribution < -0.4 is 5.50 Å². The lowest BCUT2D eigenvalue weighted by molar-refractivity contribution is 0.348. The van der Waals surface area contributed by atoms with Gasteiger partial charge in [-0.25, -0.2) is 4.98 Å². The van der Waals surface area contributed by atoms with Crippen molar-refractivity contribution in [3.05, 3.63) is 35.9 Å². The molecule has 3 rings (SSSR count). The zero-order valence-corrected chi connectivity index (χ0v) is 15.0. The van der Waals surface area contributed by atoms with Gasteiger partial charge in [0.1, 0.15) is 0 Å². The van der Waals surface area contributed by atoms with E-state index in [1.165, 1.54) is 6.07 Å². The van der Waals surface area contributed by atoms with Crippen LogP contribution in [0, 0.1) is 12.3 Å². The molecule has 0 saturated heterocycles. The van der Waals surface area contributed by atoms with Gasteiger partial charge in [0.15, 0.2) is 11.6 Å². The zero-order valence-electron chi connectivity index (χ0n) is 14.1. The molecule has 2 aromatic heterocycles. The van der Waals surface area contributed by atoms with E-state index >= 15 is 0 Å². The van der Waals surface area contributed by atoms with Crippen LogP contribution in [0.2, 0.25) is 0 Å². The minimum Gasteiger partial charge on any atom is -0.445 e. The standard InChI is InChI=1S/C17H21N2O4P/c1-11-6-5-7-12-15(11)19(10-17(2,3)4)16(18-12)13-8-9-14(23-13)24(20,21)22/h5-9H,10H2,1-4H3,(H2,20,21,22). The maximum atomic E-state index is 11.4. The number of hydrogen-bond acceptors (Lipinski definition) is 3. The number of rotatable bonds is 3. The average molecular weight is 348 g/mol. The van der Waals surface area contributed by atoms with Crippen LogP contribution in [-0.2, 0) is 11.1 Å². The lowest BCUT2D eigenvalue weighted by atomic mass is 9.96. The zero-order chi connectivity index (χ0) is 17.7. The molecule has 128 valence electrons. The third-order valence-corrected chi connectivity index (χ3v) is 4.51. The summed E-state index contributed by atoms with van der Waals surface area (Å²) in [6, 6.07) is 8.76. The molecule has 6 nitrogen and oxygen atoms in total.